The second-order valence-electron chi connectivity index (χ2n) is 6.55. The van der Waals surface area contributed by atoms with Crippen molar-refractivity contribution in [2.75, 3.05) is 24.2 Å². The minimum absolute atomic E-state index is 0.0667. The third kappa shape index (κ3) is 3.28. The number of hydrogen-bond donors (Lipinski definition) is 2. The number of urea groups is 1. The minimum Gasteiger partial charge on any atom is -0.364 e. The number of rotatable bonds is 3. The van der Waals surface area contributed by atoms with Gasteiger partial charge in [0.25, 0.3) is 0 Å². The number of aromatic nitrogens is 3. The van der Waals surface area contributed by atoms with Crippen molar-refractivity contribution in [3.63, 3.8) is 0 Å². The van der Waals surface area contributed by atoms with Gasteiger partial charge in [-0.05, 0) is 25.0 Å². The summed E-state index contributed by atoms with van der Waals surface area (Å²) in [6.07, 6.45) is 5.57. The second-order valence-corrected chi connectivity index (χ2v) is 8.02. The molecule has 2 aliphatic heterocycles. The Morgan fingerprint density at radius 1 is 1.38 bits per heavy atom. The van der Waals surface area contributed by atoms with E-state index in [1.165, 1.54) is 0 Å². The van der Waals surface area contributed by atoms with E-state index in [1.54, 1.807) is 10.7 Å². The van der Waals surface area contributed by atoms with Crippen molar-refractivity contribution in [2.24, 2.45) is 0 Å². The van der Waals surface area contributed by atoms with Crippen LogP contribution in [-0.4, -0.2) is 61.7 Å². The molecule has 2 saturated heterocycles. The predicted octanol–water partition coefficient (Wildman–Crippen LogP) is 1.82. The molecule has 2 aromatic rings. The molecule has 2 aliphatic rings. The number of hydrogen-bond acceptors (Lipinski definition) is 5. The van der Waals surface area contributed by atoms with Crippen molar-refractivity contribution in [2.45, 2.75) is 37.1 Å². The number of carbonyl (C=O) groups is 1. The summed E-state index contributed by atoms with van der Waals surface area (Å²) in [5.74, 6) is 1.84. The number of thioether (sulfide) groups is 1. The van der Waals surface area contributed by atoms with Crippen LogP contribution in [0.4, 0.5) is 10.6 Å². The maximum atomic E-state index is 12.4. The van der Waals surface area contributed by atoms with Crippen LogP contribution in [-0.2, 0) is 0 Å². The van der Waals surface area contributed by atoms with Crippen LogP contribution in [0, 0.1) is 0 Å². The molecule has 3 atom stereocenters. The lowest BCUT2D eigenvalue weighted by atomic mass is 10.2. The fraction of sp³-hybridized carbons (Fsp3) is 0.562. The highest BCUT2D eigenvalue weighted by Crippen LogP contribution is 2.26. The molecule has 0 radical (unpaired) electrons. The van der Waals surface area contributed by atoms with Crippen LogP contribution >= 0.6 is 11.8 Å². The SMILES string of the molecule is CC1CC(NC(=O)N2CCC(Nc3ccc4nccn4n3)C2)CS1. The summed E-state index contributed by atoms with van der Waals surface area (Å²) < 4.78 is 1.75. The third-order valence-electron chi connectivity index (χ3n) is 4.61. The van der Waals surface area contributed by atoms with Gasteiger partial charge >= 0.3 is 6.03 Å². The van der Waals surface area contributed by atoms with Crippen molar-refractivity contribution in [3.05, 3.63) is 24.5 Å². The van der Waals surface area contributed by atoms with Crippen LogP contribution < -0.4 is 10.6 Å². The van der Waals surface area contributed by atoms with Crippen molar-refractivity contribution in [1.82, 2.24) is 24.8 Å². The molecule has 2 amide bonds. The summed E-state index contributed by atoms with van der Waals surface area (Å²) in [4.78, 5) is 18.5. The number of fused-ring (bicyclic) bond motifs is 1. The fourth-order valence-corrected chi connectivity index (χ4v) is 4.50. The number of nitrogens with zero attached hydrogens (tertiary/aromatic N) is 4. The van der Waals surface area contributed by atoms with E-state index in [1.807, 2.05) is 35.0 Å². The first-order chi connectivity index (χ1) is 11.7. The molecular formula is C16H22N6OS. The van der Waals surface area contributed by atoms with Crippen molar-refractivity contribution >= 4 is 29.3 Å². The van der Waals surface area contributed by atoms with E-state index in [-0.39, 0.29) is 12.1 Å². The van der Waals surface area contributed by atoms with Crippen LogP contribution in [0.25, 0.3) is 5.65 Å². The van der Waals surface area contributed by atoms with Crippen LogP contribution in [0.3, 0.4) is 0 Å². The van der Waals surface area contributed by atoms with Gasteiger partial charge in [-0.2, -0.15) is 11.8 Å². The molecule has 0 bridgehead atoms. The Bertz CT molecular complexity index is 734. The average molecular weight is 346 g/mol. The molecule has 128 valence electrons. The van der Waals surface area contributed by atoms with Gasteiger partial charge in [-0.1, -0.05) is 6.92 Å². The molecule has 0 aromatic carbocycles. The smallest absolute Gasteiger partial charge is 0.317 e. The number of amides is 2. The molecule has 0 aliphatic carbocycles. The molecule has 2 fully saturated rings. The molecule has 4 rings (SSSR count). The van der Waals surface area contributed by atoms with Crippen molar-refractivity contribution in [3.8, 4) is 0 Å². The monoisotopic (exact) mass is 346 g/mol. The van der Waals surface area contributed by atoms with Gasteiger partial charge in [0.2, 0.25) is 0 Å². The summed E-state index contributed by atoms with van der Waals surface area (Å²) in [6, 6.07) is 4.49. The maximum Gasteiger partial charge on any atom is 0.317 e. The lowest BCUT2D eigenvalue weighted by Crippen LogP contribution is -2.44. The molecule has 8 heteroatoms. The highest BCUT2D eigenvalue weighted by molar-refractivity contribution is 8.00. The molecule has 3 unspecified atom stereocenters. The van der Waals surface area contributed by atoms with Gasteiger partial charge in [0.05, 0.1) is 0 Å². The van der Waals surface area contributed by atoms with Crippen LogP contribution in [0.1, 0.15) is 19.8 Å². The Labute approximate surface area is 145 Å². The van der Waals surface area contributed by atoms with E-state index in [9.17, 15) is 4.79 Å². The van der Waals surface area contributed by atoms with Crippen LogP contribution in [0.15, 0.2) is 24.5 Å². The molecule has 0 spiro atoms. The minimum atomic E-state index is 0.0667. The first kappa shape index (κ1) is 15.6. The van der Waals surface area contributed by atoms with E-state index < -0.39 is 0 Å². The predicted molar refractivity (Wildman–Crippen MR) is 95.4 cm³/mol. The molecule has 4 heterocycles. The van der Waals surface area contributed by atoms with Gasteiger partial charge < -0.3 is 15.5 Å². The summed E-state index contributed by atoms with van der Waals surface area (Å²) in [6.45, 7) is 3.72. The number of nitrogens with one attached hydrogen (secondary N) is 2. The summed E-state index contributed by atoms with van der Waals surface area (Å²) in [5, 5.41) is 11.7. The quantitative estimate of drug-likeness (QED) is 0.887. The number of imidazole rings is 1. The fourth-order valence-electron chi connectivity index (χ4n) is 3.35. The molecule has 7 nitrogen and oxygen atoms in total. The van der Waals surface area contributed by atoms with E-state index in [0.29, 0.717) is 17.8 Å². The van der Waals surface area contributed by atoms with Crippen LogP contribution in [0.5, 0.6) is 0 Å². The zero-order chi connectivity index (χ0) is 16.5. The van der Waals surface area contributed by atoms with Gasteiger partial charge in [-0.25, -0.2) is 14.3 Å². The standard InChI is InChI=1S/C16H22N6OS/c1-11-8-13(10-24-11)19-16(23)21-6-4-12(9-21)18-14-2-3-15-17-5-7-22(15)20-14/h2-3,5,7,11-13H,4,6,8-10H2,1H3,(H,18,20)(H,19,23). The number of anilines is 1. The Kier molecular flexibility index (Phi) is 4.22. The third-order valence-corrected chi connectivity index (χ3v) is 5.96. The lowest BCUT2D eigenvalue weighted by molar-refractivity contribution is 0.205. The summed E-state index contributed by atoms with van der Waals surface area (Å²) in [7, 11) is 0. The zero-order valence-corrected chi connectivity index (χ0v) is 14.5. The molecule has 2 N–H and O–H groups in total. The molecule has 2 aromatic heterocycles. The largest absolute Gasteiger partial charge is 0.364 e. The van der Waals surface area contributed by atoms with Crippen molar-refractivity contribution in [1.29, 1.82) is 0 Å². The van der Waals surface area contributed by atoms with E-state index in [4.69, 9.17) is 0 Å². The number of carbonyl (C=O) groups excluding carboxylic acids is 1. The highest BCUT2D eigenvalue weighted by Gasteiger charge is 2.29. The summed E-state index contributed by atoms with van der Waals surface area (Å²) in [5.41, 5.74) is 0.830. The van der Waals surface area contributed by atoms with Gasteiger partial charge in [0.1, 0.15) is 5.82 Å². The van der Waals surface area contributed by atoms with Gasteiger partial charge in [-0.3, -0.25) is 0 Å². The van der Waals surface area contributed by atoms with Gasteiger partial charge in [0, 0.05) is 48.6 Å². The zero-order valence-electron chi connectivity index (χ0n) is 13.7. The highest BCUT2D eigenvalue weighted by atomic mass is 32.2. The van der Waals surface area contributed by atoms with Crippen molar-refractivity contribution < 1.29 is 4.79 Å². The van der Waals surface area contributed by atoms with Gasteiger partial charge in [-0.15, -0.1) is 5.10 Å². The molecule has 24 heavy (non-hydrogen) atoms. The number of likely N-dealkylation sites (tertiary alicyclic amines) is 1. The first-order valence-electron chi connectivity index (χ1n) is 8.41. The van der Waals surface area contributed by atoms with Crippen LogP contribution in [0.2, 0.25) is 0 Å². The van der Waals surface area contributed by atoms with Gasteiger partial charge in [0.15, 0.2) is 5.65 Å². The molecule has 0 saturated carbocycles. The summed E-state index contributed by atoms with van der Waals surface area (Å²) >= 11 is 1.93. The second kappa shape index (κ2) is 6.51. The Morgan fingerprint density at radius 2 is 2.29 bits per heavy atom. The molecular weight excluding hydrogens is 324 g/mol. The Balaban J connectivity index is 1.31. The van der Waals surface area contributed by atoms with E-state index in [2.05, 4.69) is 27.6 Å². The first-order valence-corrected chi connectivity index (χ1v) is 9.46. The van der Waals surface area contributed by atoms with E-state index >= 15 is 0 Å². The topological polar surface area (TPSA) is 74.6 Å². The maximum absolute atomic E-state index is 12.4. The Hall–Kier alpha value is -1.96. The van der Waals surface area contributed by atoms with E-state index in [0.717, 1.165) is 36.6 Å². The average Bonchev–Trinajstić information content (AvgIpc) is 3.28. The lowest BCUT2D eigenvalue weighted by Gasteiger charge is -2.20. The normalized spacial score (nSPS) is 26.9. The Morgan fingerprint density at radius 3 is 3.12 bits per heavy atom.